The van der Waals surface area contributed by atoms with Crippen LogP contribution in [0.3, 0.4) is 0 Å². The summed E-state index contributed by atoms with van der Waals surface area (Å²) in [5, 5.41) is 0.0109. The monoisotopic (exact) mass is 189 g/mol. The average Bonchev–Trinajstić information content (AvgIpc) is 1.78. The van der Waals surface area contributed by atoms with Gasteiger partial charge in [0.05, 0.1) is 10.9 Å². The summed E-state index contributed by atoms with van der Waals surface area (Å²) in [6.07, 6.45) is 1.85. The van der Waals surface area contributed by atoms with Gasteiger partial charge in [0.1, 0.15) is 0 Å². The Morgan fingerprint density at radius 2 is 1.50 bits per heavy atom. The van der Waals surface area contributed by atoms with Crippen molar-refractivity contribution in [3.63, 3.8) is 0 Å². The van der Waals surface area contributed by atoms with Crippen molar-refractivity contribution in [1.82, 2.24) is 0 Å². The zero-order chi connectivity index (χ0) is 9.99. The van der Waals surface area contributed by atoms with E-state index in [1.807, 2.05) is 6.21 Å². The van der Waals surface area contributed by atoms with Crippen LogP contribution in [0.25, 0.3) is 0 Å². The molecule has 72 valence electrons. The van der Waals surface area contributed by atoms with Crippen LogP contribution in [0, 0.1) is 5.41 Å². The molecule has 0 aliphatic rings. The van der Waals surface area contributed by atoms with E-state index < -0.39 is 0 Å². The van der Waals surface area contributed by atoms with E-state index in [1.165, 1.54) is 0 Å². The van der Waals surface area contributed by atoms with Crippen LogP contribution in [-0.4, -0.2) is 17.1 Å². The number of alkyl halides is 1. The van der Waals surface area contributed by atoms with Gasteiger partial charge in [0.25, 0.3) is 0 Å². The Balaban J connectivity index is 4.19. The zero-order valence-electron chi connectivity index (χ0n) is 8.98. The first-order chi connectivity index (χ1) is 5.13. The van der Waals surface area contributed by atoms with E-state index in [0.717, 1.165) is 0 Å². The molecular formula is C10H20ClN. The molecular weight excluding hydrogens is 170 g/mol. The number of rotatable bonds is 1. The number of nitrogens with zero attached hydrogens (tertiary/aromatic N) is 1. The van der Waals surface area contributed by atoms with Gasteiger partial charge in [0, 0.05) is 6.21 Å². The highest BCUT2D eigenvalue weighted by molar-refractivity contribution is 6.28. The van der Waals surface area contributed by atoms with Crippen molar-refractivity contribution < 1.29 is 0 Å². The molecule has 0 rings (SSSR count). The lowest BCUT2D eigenvalue weighted by Gasteiger charge is -2.22. The molecule has 0 aromatic heterocycles. The smallest absolute Gasteiger partial charge is 0.0732 e. The normalized spacial score (nSPS) is 16.9. The molecule has 0 aromatic carbocycles. The second-order valence-corrected chi connectivity index (χ2v) is 5.69. The number of hydrogen-bond donors (Lipinski definition) is 0. The first kappa shape index (κ1) is 12.0. The predicted octanol–water partition coefficient (Wildman–Crippen LogP) is 3.51. The van der Waals surface area contributed by atoms with Gasteiger partial charge in [0.2, 0.25) is 0 Å². The quantitative estimate of drug-likeness (QED) is 0.442. The van der Waals surface area contributed by atoms with Gasteiger partial charge in [-0.2, -0.15) is 0 Å². The van der Waals surface area contributed by atoms with E-state index in [9.17, 15) is 0 Å². The Hall–Kier alpha value is -0.0400. The highest BCUT2D eigenvalue weighted by atomic mass is 35.5. The van der Waals surface area contributed by atoms with Gasteiger partial charge in [-0.05, 0) is 26.2 Å². The summed E-state index contributed by atoms with van der Waals surface area (Å²) in [6, 6.07) is 0. The average molecular weight is 190 g/mol. The molecule has 0 aliphatic carbocycles. The summed E-state index contributed by atoms with van der Waals surface area (Å²) in [4.78, 5) is 4.37. The second-order valence-electron chi connectivity index (χ2n) is 5.22. The largest absolute Gasteiger partial charge is 0.290 e. The van der Waals surface area contributed by atoms with Crippen molar-refractivity contribution in [2.24, 2.45) is 10.4 Å². The van der Waals surface area contributed by atoms with Gasteiger partial charge in [-0.25, -0.2) is 0 Å². The second kappa shape index (κ2) is 3.78. The third kappa shape index (κ3) is 5.59. The third-order valence-electron chi connectivity index (χ3n) is 1.42. The molecule has 1 unspecified atom stereocenters. The molecule has 12 heavy (non-hydrogen) atoms. The fourth-order valence-electron chi connectivity index (χ4n) is 0.513. The Kier molecular flexibility index (Phi) is 3.77. The predicted molar refractivity (Wildman–Crippen MR) is 57.3 cm³/mol. The fourth-order valence-corrected chi connectivity index (χ4v) is 0.569. The van der Waals surface area contributed by atoms with Crippen LogP contribution >= 0.6 is 11.6 Å². The van der Waals surface area contributed by atoms with Crippen molar-refractivity contribution in [1.29, 1.82) is 0 Å². The Bertz CT molecular complexity index is 160. The summed E-state index contributed by atoms with van der Waals surface area (Å²) >= 11 is 6.11. The van der Waals surface area contributed by atoms with Gasteiger partial charge in [-0.3, -0.25) is 4.99 Å². The highest BCUT2D eigenvalue weighted by Gasteiger charge is 2.20. The van der Waals surface area contributed by atoms with E-state index in [0.29, 0.717) is 0 Å². The zero-order valence-corrected chi connectivity index (χ0v) is 9.74. The Labute approximate surface area is 81.2 Å². The highest BCUT2D eigenvalue weighted by Crippen LogP contribution is 2.23. The topological polar surface area (TPSA) is 12.4 Å². The SMILES string of the molecule is CC(C)(C)N=CC(Cl)C(C)(C)C. The van der Waals surface area contributed by atoms with Crippen LogP contribution in [0.2, 0.25) is 0 Å². The van der Waals surface area contributed by atoms with Crippen molar-refractivity contribution in [2.45, 2.75) is 52.5 Å². The van der Waals surface area contributed by atoms with Crippen molar-refractivity contribution in [2.75, 3.05) is 0 Å². The minimum Gasteiger partial charge on any atom is -0.290 e. The molecule has 0 fully saturated rings. The van der Waals surface area contributed by atoms with E-state index >= 15 is 0 Å². The van der Waals surface area contributed by atoms with Gasteiger partial charge >= 0.3 is 0 Å². The third-order valence-corrected chi connectivity index (χ3v) is 2.19. The van der Waals surface area contributed by atoms with Crippen molar-refractivity contribution in [3.8, 4) is 0 Å². The number of halogens is 1. The molecule has 2 heteroatoms. The summed E-state index contributed by atoms with van der Waals surface area (Å²) in [5.41, 5.74) is 0.0781. The van der Waals surface area contributed by atoms with Crippen LogP contribution < -0.4 is 0 Å². The van der Waals surface area contributed by atoms with Crippen LogP contribution in [0.15, 0.2) is 4.99 Å². The standard InChI is InChI=1S/C10H20ClN/c1-9(2,3)8(11)7-12-10(4,5)6/h7-8H,1-6H3. The van der Waals surface area contributed by atoms with Crippen molar-refractivity contribution in [3.05, 3.63) is 0 Å². The minimum absolute atomic E-state index is 0.0109. The van der Waals surface area contributed by atoms with E-state index in [1.54, 1.807) is 0 Å². The molecule has 0 amide bonds. The van der Waals surface area contributed by atoms with Gasteiger partial charge in [0.15, 0.2) is 0 Å². The molecule has 1 nitrogen and oxygen atoms in total. The first-order valence-electron chi connectivity index (χ1n) is 4.32. The Morgan fingerprint density at radius 1 is 1.08 bits per heavy atom. The maximum absolute atomic E-state index is 6.11. The molecule has 0 N–H and O–H groups in total. The molecule has 0 aliphatic heterocycles. The maximum atomic E-state index is 6.11. The minimum atomic E-state index is -0.0155. The fraction of sp³-hybridized carbons (Fsp3) is 0.900. The van der Waals surface area contributed by atoms with Crippen LogP contribution in [0.1, 0.15) is 41.5 Å². The summed E-state index contributed by atoms with van der Waals surface area (Å²) in [7, 11) is 0. The Morgan fingerprint density at radius 3 is 1.75 bits per heavy atom. The lowest BCUT2D eigenvalue weighted by molar-refractivity contribution is 0.441. The van der Waals surface area contributed by atoms with E-state index in [2.05, 4.69) is 46.5 Å². The van der Waals surface area contributed by atoms with E-state index in [-0.39, 0.29) is 16.3 Å². The first-order valence-corrected chi connectivity index (χ1v) is 4.76. The van der Waals surface area contributed by atoms with Crippen LogP contribution in [0.5, 0.6) is 0 Å². The molecule has 0 spiro atoms. The van der Waals surface area contributed by atoms with Gasteiger partial charge in [-0.1, -0.05) is 20.8 Å². The number of aliphatic imine (C=N–C) groups is 1. The molecule has 1 atom stereocenters. The van der Waals surface area contributed by atoms with Crippen LogP contribution in [0.4, 0.5) is 0 Å². The summed E-state index contributed by atoms with van der Waals surface area (Å²) in [5.74, 6) is 0. The molecule has 0 saturated carbocycles. The van der Waals surface area contributed by atoms with E-state index in [4.69, 9.17) is 11.6 Å². The molecule has 0 aromatic rings. The van der Waals surface area contributed by atoms with Crippen molar-refractivity contribution >= 4 is 17.8 Å². The maximum Gasteiger partial charge on any atom is 0.0732 e. The lowest BCUT2D eigenvalue weighted by atomic mass is 9.92. The lowest BCUT2D eigenvalue weighted by Crippen LogP contribution is -2.23. The molecule has 0 saturated heterocycles. The molecule has 0 heterocycles. The molecule has 0 bridgehead atoms. The van der Waals surface area contributed by atoms with Crippen LogP contribution in [-0.2, 0) is 0 Å². The van der Waals surface area contributed by atoms with Gasteiger partial charge in [-0.15, -0.1) is 11.6 Å². The molecule has 0 radical (unpaired) electrons. The summed E-state index contributed by atoms with van der Waals surface area (Å²) in [6.45, 7) is 12.5. The summed E-state index contributed by atoms with van der Waals surface area (Å²) < 4.78 is 0. The number of hydrogen-bond acceptors (Lipinski definition) is 1. The van der Waals surface area contributed by atoms with Gasteiger partial charge < -0.3 is 0 Å².